The smallest absolute Gasteiger partial charge is 0.307 e. The van der Waals surface area contributed by atoms with Crippen molar-refractivity contribution in [1.29, 1.82) is 0 Å². The molecule has 1 aliphatic rings. The number of aliphatic carboxylic acids is 1. The second-order valence-electron chi connectivity index (χ2n) is 5.60. The van der Waals surface area contributed by atoms with Crippen molar-refractivity contribution in [2.75, 3.05) is 0 Å². The third-order valence-electron chi connectivity index (χ3n) is 4.29. The molecule has 0 radical (unpaired) electrons. The fourth-order valence-corrected chi connectivity index (χ4v) is 3.22. The molecule has 1 N–H and O–H groups in total. The fraction of sp³-hybridized carbons (Fsp3) is 0.438. The number of rotatable bonds is 3. The van der Waals surface area contributed by atoms with Crippen LogP contribution in [0.4, 0.5) is 0 Å². The predicted molar refractivity (Wildman–Crippen MR) is 78.3 cm³/mol. The van der Waals surface area contributed by atoms with Gasteiger partial charge < -0.3 is 5.11 Å². The number of benzene rings is 1. The topological polar surface area (TPSA) is 68.0 Å². The zero-order valence-electron chi connectivity index (χ0n) is 11.9. The van der Waals surface area contributed by atoms with Crippen LogP contribution < -0.4 is 0 Å². The molecule has 1 aliphatic carbocycles. The summed E-state index contributed by atoms with van der Waals surface area (Å²) in [7, 11) is 0. The van der Waals surface area contributed by atoms with E-state index in [2.05, 4.69) is 10.3 Å². The number of hydrogen-bond donors (Lipinski definition) is 1. The molecule has 1 heterocycles. The fourth-order valence-electron chi connectivity index (χ4n) is 3.22. The Balaban J connectivity index is 1.99. The Morgan fingerprint density at radius 2 is 1.90 bits per heavy atom. The van der Waals surface area contributed by atoms with Crippen molar-refractivity contribution >= 4 is 5.97 Å². The van der Waals surface area contributed by atoms with Gasteiger partial charge in [-0.3, -0.25) is 4.79 Å². The number of carbonyl (C=O) groups is 1. The van der Waals surface area contributed by atoms with Crippen LogP contribution in [-0.2, 0) is 4.79 Å². The highest BCUT2D eigenvalue weighted by Crippen LogP contribution is 2.37. The van der Waals surface area contributed by atoms with Crippen molar-refractivity contribution in [1.82, 2.24) is 15.0 Å². The first-order valence-electron chi connectivity index (χ1n) is 7.46. The van der Waals surface area contributed by atoms with Gasteiger partial charge in [-0.15, -0.1) is 5.10 Å². The Kier molecular flexibility index (Phi) is 3.99. The molecule has 0 amide bonds. The second kappa shape index (κ2) is 6.08. The van der Waals surface area contributed by atoms with Crippen LogP contribution >= 0.6 is 0 Å². The van der Waals surface area contributed by atoms with E-state index in [0.29, 0.717) is 0 Å². The maximum absolute atomic E-state index is 11.6. The van der Waals surface area contributed by atoms with Crippen LogP contribution in [0.1, 0.15) is 43.7 Å². The van der Waals surface area contributed by atoms with Crippen LogP contribution in [0, 0.1) is 5.92 Å². The van der Waals surface area contributed by atoms with Gasteiger partial charge in [0, 0.05) is 5.92 Å². The summed E-state index contributed by atoms with van der Waals surface area (Å²) in [6, 6.07) is 9.77. The van der Waals surface area contributed by atoms with E-state index in [4.69, 9.17) is 0 Å². The Hall–Kier alpha value is -2.17. The third kappa shape index (κ3) is 2.82. The van der Waals surface area contributed by atoms with Crippen LogP contribution in [0.3, 0.4) is 0 Å². The lowest BCUT2D eigenvalue weighted by Crippen LogP contribution is -2.23. The molecule has 0 aliphatic heterocycles. The van der Waals surface area contributed by atoms with Crippen molar-refractivity contribution in [2.24, 2.45) is 5.92 Å². The highest BCUT2D eigenvalue weighted by Gasteiger charge is 2.33. The second-order valence-corrected chi connectivity index (χ2v) is 5.60. The Labute approximate surface area is 123 Å². The molecule has 0 saturated heterocycles. The van der Waals surface area contributed by atoms with Gasteiger partial charge >= 0.3 is 5.97 Å². The first-order valence-corrected chi connectivity index (χ1v) is 7.46. The summed E-state index contributed by atoms with van der Waals surface area (Å²) in [5.74, 6) is -1.06. The molecule has 1 aromatic heterocycles. The molecule has 5 nitrogen and oxygen atoms in total. The number of hydrogen-bond acceptors (Lipinski definition) is 3. The molecule has 21 heavy (non-hydrogen) atoms. The first-order chi connectivity index (χ1) is 10.3. The summed E-state index contributed by atoms with van der Waals surface area (Å²) >= 11 is 0. The number of carboxylic acid groups (broad SMARTS) is 1. The molecule has 0 spiro atoms. The highest BCUT2D eigenvalue weighted by molar-refractivity contribution is 5.71. The van der Waals surface area contributed by atoms with Gasteiger partial charge in [0.25, 0.3) is 0 Å². The lowest BCUT2D eigenvalue weighted by Gasteiger charge is -2.21. The van der Waals surface area contributed by atoms with Crippen molar-refractivity contribution in [3.8, 4) is 5.69 Å². The van der Waals surface area contributed by atoms with E-state index in [9.17, 15) is 9.90 Å². The van der Waals surface area contributed by atoms with Crippen molar-refractivity contribution in [3.05, 3.63) is 42.2 Å². The summed E-state index contributed by atoms with van der Waals surface area (Å²) in [5.41, 5.74) is 1.84. The van der Waals surface area contributed by atoms with Gasteiger partial charge in [-0.1, -0.05) is 42.7 Å². The predicted octanol–water partition coefficient (Wildman–Crippen LogP) is 3.02. The molecular weight excluding hydrogens is 266 g/mol. The third-order valence-corrected chi connectivity index (χ3v) is 4.29. The molecule has 3 rings (SSSR count). The van der Waals surface area contributed by atoms with Gasteiger partial charge in [0.15, 0.2) is 0 Å². The van der Waals surface area contributed by atoms with Gasteiger partial charge in [-0.05, 0) is 25.0 Å². The maximum Gasteiger partial charge on any atom is 0.307 e. The van der Waals surface area contributed by atoms with Gasteiger partial charge in [0.05, 0.1) is 23.5 Å². The lowest BCUT2D eigenvalue weighted by molar-refractivity contribution is -0.142. The monoisotopic (exact) mass is 285 g/mol. The molecule has 2 atom stereocenters. The summed E-state index contributed by atoms with van der Waals surface area (Å²) in [6.45, 7) is 0. The molecular formula is C16H19N3O2. The van der Waals surface area contributed by atoms with Crippen LogP contribution in [0.15, 0.2) is 36.5 Å². The van der Waals surface area contributed by atoms with Crippen LogP contribution in [0.5, 0.6) is 0 Å². The van der Waals surface area contributed by atoms with E-state index < -0.39 is 5.97 Å². The Morgan fingerprint density at radius 1 is 1.14 bits per heavy atom. The van der Waals surface area contributed by atoms with Gasteiger partial charge in [-0.2, -0.15) is 0 Å². The van der Waals surface area contributed by atoms with Gasteiger partial charge in [0.2, 0.25) is 0 Å². The van der Waals surface area contributed by atoms with Crippen molar-refractivity contribution in [2.45, 2.75) is 38.0 Å². The zero-order valence-corrected chi connectivity index (χ0v) is 11.9. The zero-order chi connectivity index (χ0) is 14.7. The van der Waals surface area contributed by atoms with E-state index in [-0.39, 0.29) is 11.8 Å². The molecule has 2 aromatic rings. The minimum Gasteiger partial charge on any atom is -0.481 e. The van der Waals surface area contributed by atoms with E-state index >= 15 is 0 Å². The standard InChI is InChI=1S/C16H19N3O2/c20-16(21)14-10-6-2-5-9-13(14)15-11-17-18-19(15)12-7-3-1-4-8-12/h1,3-4,7-8,11,13-14H,2,5-6,9-10H2,(H,20,21). The average Bonchev–Trinajstić information content (AvgIpc) is 2.85. The quantitative estimate of drug-likeness (QED) is 0.880. The minimum absolute atomic E-state index is 0.0137. The normalized spacial score (nSPS) is 22.7. The Bertz CT molecular complexity index is 609. The van der Waals surface area contributed by atoms with Crippen LogP contribution in [0.2, 0.25) is 0 Å². The number of nitrogens with zero attached hydrogens (tertiary/aromatic N) is 3. The minimum atomic E-state index is -0.706. The summed E-state index contributed by atoms with van der Waals surface area (Å²) in [6.07, 6.45) is 6.50. The summed E-state index contributed by atoms with van der Waals surface area (Å²) < 4.78 is 1.78. The molecule has 1 fully saturated rings. The molecule has 5 heteroatoms. The van der Waals surface area contributed by atoms with Gasteiger partial charge in [0.1, 0.15) is 0 Å². The number of aromatic nitrogens is 3. The maximum atomic E-state index is 11.6. The van der Waals surface area contributed by atoms with E-state index in [1.165, 1.54) is 0 Å². The summed E-state index contributed by atoms with van der Waals surface area (Å²) in [4.78, 5) is 11.6. The molecule has 0 bridgehead atoms. The van der Waals surface area contributed by atoms with E-state index in [1.807, 2.05) is 30.3 Å². The first kappa shape index (κ1) is 13.8. The van der Waals surface area contributed by atoms with Crippen molar-refractivity contribution in [3.63, 3.8) is 0 Å². The van der Waals surface area contributed by atoms with Crippen LogP contribution in [-0.4, -0.2) is 26.1 Å². The lowest BCUT2D eigenvalue weighted by atomic mass is 9.85. The Morgan fingerprint density at radius 3 is 2.67 bits per heavy atom. The average molecular weight is 285 g/mol. The highest BCUT2D eigenvalue weighted by atomic mass is 16.4. The van der Waals surface area contributed by atoms with E-state index in [1.54, 1.807) is 10.9 Å². The van der Waals surface area contributed by atoms with Crippen molar-refractivity contribution < 1.29 is 9.90 Å². The van der Waals surface area contributed by atoms with Gasteiger partial charge in [-0.25, -0.2) is 4.68 Å². The molecule has 110 valence electrons. The number of carboxylic acids is 1. The molecule has 1 aromatic carbocycles. The molecule has 1 saturated carbocycles. The summed E-state index contributed by atoms with van der Waals surface area (Å²) in [5, 5.41) is 17.7. The SMILES string of the molecule is O=C(O)C1CCCCCC1c1cnnn1-c1ccccc1. The van der Waals surface area contributed by atoms with Crippen LogP contribution in [0.25, 0.3) is 5.69 Å². The largest absolute Gasteiger partial charge is 0.481 e. The van der Waals surface area contributed by atoms with E-state index in [0.717, 1.165) is 43.5 Å². The number of para-hydroxylation sites is 1. The molecule has 2 unspecified atom stereocenters.